The van der Waals surface area contributed by atoms with Gasteiger partial charge in [-0.2, -0.15) is 4.39 Å². The van der Waals surface area contributed by atoms with E-state index in [-0.39, 0.29) is 35.8 Å². The van der Waals surface area contributed by atoms with Gasteiger partial charge in [0.2, 0.25) is 17.6 Å². The number of benzene rings is 2. The molecule has 0 spiro atoms. The molecule has 160 valence electrons. The Balaban J connectivity index is 1.86. The van der Waals surface area contributed by atoms with Crippen molar-refractivity contribution in [2.45, 2.75) is 40.0 Å². The van der Waals surface area contributed by atoms with Crippen LogP contribution in [0.2, 0.25) is 0 Å². The number of ether oxygens (including phenoxy) is 1. The standard InChI is InChI=1S/C22H24F2N2O4/c1-22(2,3)21(28)25-14-5-4-6-15(11-14)30-17-10-13-9-12(20(27)26-29)7-8-16(13)18(23)19(17)24/h4-6,10-12,29H,7-9H2,1-3H3,(H,25,28)(H,26,27). The third-order valence-corrected chi connectivity index (χ3v) is 5.06. The van der Waals surface area contributed by atoms with Crippen molar-refractivity contribution in [2.24, 2.45) is 11.3 Å². The van der Waals surface area contributed by atoms with Gasteiger partial charge in [-0.3, -0.25) is 14.8 Å². The van der Waals surface area contributed by atoms with Crippen molar-refractivity contribution in [1.29, 1.82) is 0 Å². The van der Waals surface area contributed by atoms with Crippen LogP contribution in [0.3, 0.4) is 0 Å². The third-order valence-electron chi connectivity index (χ3n) is 5.06. The summed E-state index contributed by atoms with van der Waals surface area (Å²) in [6.07, 6.45) is 0.660. The maximum absolute atomic E-state index is 14.6. The smallest absolute Gasteiger partial charge is 0.246 e. The van der Waals surface area contributed by atoms with Gasteiger partial charge in [-0.25, -0.2) is 9.87 Å². The van der Waals surface area contributed by atoms with E-state index in [0.29, 0.717) is 17.7 Å². The van der Waals surface area contributed by atoms with Crippen LogP contribution in [0.15, 0.2) is 30.3 Å². The number of halogens is 2. The third kappa shape index (κ3) is 4.59. The summed E-state index contributed by atoms with van der Waals surface area (Å²) in [6.45, 7) is 5.33. The molecule has 0 saturated carbocycles. The minimum absolute atomic E-state index is 0.164. The molecule has 3 N–H and O–H groups in total. The molecule has 0 bridgehead atoms. The van der Waals surface area contributed by atoms with E-state index in [4.69, 9.17) is 9.94 Å². The van der Waals surface area contributed by atoms with E-state index in [9.17, 15) is 18.4 Å². The van der Waals surface area contributed by atoms with Gasteiger partial charge in [-0.15, -0.1) is 0 Å². The average Bonchev–Trinajstić information content (AvgIpc) is 2.70. The van der Waals surface area contributed by atoms with Crippen molar-refractivity contribution in [3.05, 3.63) is 53.1 Å². The van der Waals surface area contributed by atoms with Crippen LogP contribution in [0.25, 0.3) is 0 Å². The Kier molecular flexibility index (Phi) is 6.07. The maximum atomic E-state index is 14.6. The van der Waals surface area contributed by atoms with Gasteiger partial charge in [0, 0.05) is 23.1 Å². The number of carbonyl (C=O) groups excluding carboxylic acids is 2. The lowest BCUT2D eigenvalue weighted by Gasteiger charge is -2.24. The topological polar surface area (TPSA) is 87.7 Å². The Bertz CT molecular complexity index is 986. The molecule has 3 rings (SSSR count). The molecule has 1 aliphatic rings. The van der Waals surface area contributed by atoms with Crippen molar-refractivity contribution in [1.82, 2.24) is 5.48 Å². The highest BCUT2D eigenvalue weighted by Crippen LogP contribution is 2.36. The molecule has 1 unspecified atom stereocenters. The molecule has 0 fully saturated rings. The van der Waals surface area contributed by atoms with Gasteiger partial charge in [-0.05, 0) is 48.6 Å². The quantitative estimate of drug-likeness (QED) is 0.509. The summed E-state index contributed by atoms with van der Waals surface area (Å²) in [5, 5.41) is 11.6. The Labute approximate surface area is 173 Å². The largest absolute Gasteiger partial charge is 0.454 e. The molecule has 8 heteroatoms. The van der Waals surface area contributed by atoms with Gasteiger partial charge in [0.05, 0.1) is 0 Å². The highest BCUT2D eigenvalue weighted by molar-refractivity contribution is 5.94. The molecule has 0 aromatic heterocycles. The molecule has 0 radical (unpaired) electrons. The predicted octanol–water partition coefficient (Wildman–Crippen LogP) is 4.35. The number of rotatable bonds is 4. The summed E-state index contributed by atoms with van der Waals surface area (Å²) in [5.74, 6) is -3.48. The normalized spacial score (nSPS) is 15.9. The van der Waals surface area contributed by atoms with Crippen LogP contribution in [-0.2, 0) is 22.4 Å². The number of carbonyl (C=O) groups is 2. The summed E-state index contributed by atoms with van der Waals surface area (Å²) in [5.41, 5.74) is 2.15. The van der Waals surface area contributed by atoms with Crippen molar-refractivity contribution in [3.63, 3.8) is 0 Å². The minimum atomic E-state index is -1.11. The van der Waals surface area contributed by atoms with Crippen LogP contribution in [0, 0.1) is 23.0 Å². The molecule has 2 aromatic carbocycles. The molecule has 1 atom stereocenters. The van der Waals surface area contributed by atoms with Crippen LogP contribution in [0.5, 0.6) is 11.5 Å². The van der Waals surface area contributed by atoms with E-state index in [0.717, 1.165) is 0 Å². The number of hydroxylamine groups is 1. The summed E-state index contributed by atoms with van der Waals surface area (Å²) in [6, 6.07) is 7.75. The van der Waals surface area contributed by atoms with Gasteiger partial charge < -0.3 is 10.1 Å². The lowest BCUT2D eigenvalue weighted by molar-refractivity contribution is -0.133. The maximum Gasteiger partial charge on any atom is 0.246 e. The van der Waals surface area contributed by atoms with Crippen molar-refractivity contribution in [2.75, 3.05) is 5.32 Å². The van der Waals surface area contributed by atoms with Crippen LogP contribution in [0.1, 0.15) is 38.3 Å². The number of hydrogen-bond donors (Lipinski definition) is 3. The average molecular weight is 418 g/mol. The van der Waals surface area contributed by atoms with Crippen molar-refractivity contribution >= 4 is 17.5 Å². The van der Waals surface area contributed by atoms with E-state index in [1.165, 1.54) is 12.1 Å². The minimum Gasteiger partial charge on any atom is -0.454 e. The van der Waals surface area contributed by atoms with E-state index in [2.05, 4.69) is 5.32 Å². The van der Waals surface area contributed by atoms with Crippen molar-refractivity contribution < 1.29 is 28.3 Å². The molecule has 0 saturated heterocycles. The first kappa shape index (κ1) is 21.7. The zero-order valence-electron chi connectivity index (χ0n) is 17.0. The second kappa shape index (κ2) is 8.39. The Morgan fingerprint density at radius 2 is 1.90 bits per heavy atom. The number of hydrogen-bond acceptors (Lipinski definition) is 4. The second-order valence-corrected chi connectivity index (χ2v) is 8.39. The second-order valence-electron chi connectivity index (χ2n) is 8.39. The molecular weight excluding hydrogens is 394 g/mol. The molecular formula is C22H24F2N2O4. The van der Waals surface area contributed by atoms with Gasteiger partial charge in [0.25, 0.3) is 0 Å². The zero-order chi connectivity index (χ0) is 22.1. The van der Waals surface area contributed by atoms with Crippen molar-refractivity contribution in [3.8, 4) is 11.5 Å². The van der Waals surface area contributed by atoms with Crippen LogP contribution in [0.4, 0.5) is 14.5 Å². The Morgan fingerprint density at radius 1 is 1.17 bits per heavy atom. The number of anilines is 1. The summed E-state index contributed by atoms with van der Waals surface area (Å²) >= 11 is 0. The fourth-order valence-corrected chi connectivity index (χ4v) is 3.30. The molecule has 6 nitrogen and oxygen atoms in total. The highest BCUT2D eigenvalue weighted by atomic mass is 19.2. The van der Waals surface area contributed by atoms with E-state index in [1.54, 1.807) is 44.5 Å². The molecule has 0 aliphatic heterocycles. The zero-order valence-corrected chi connectivity index (χ0v) is 17.0. The van der Waals surface area contributed by atoms with Gasteiger partial charge in [0.15, 0.2) is 11.6 Å². The molecule has 30 heavy (non-hydrogen) atoms. The first-order valence-electron chi connectivity index (χ1n) is 9.63. The van der Waals surface area contributed by atoms with Crippen LogP contribution < -0.4 is 15.5 Å². The molecule has 2 amide bonds. The Hall–Kier alpha value is -3.00. The predicted molar refractivity (Wildman–Crippen MR) is 106 cm³/mol. The lowest BCUT2D eigenvalue weighted by atomic mass is 9.83. The SMILES string of the molecule is CC(C)(C)C(=O)Nc1cccc(Oc2cc3c(c(F)c2F)CCC(C(=O)NO)C3)c1. The van der Waals surface area contributed by atoms with E-state index in [1.807, 2.05) is 0 Å². The van der Waals surface area contributed by atoms with Gasteiger partial charge in [-0.1, -0.05) is 26.8 Å². The monoisotopic (exact) mass is 418 g/mol. The summed E-state index contributed by atoms with van der Waals surface area (Å²) in [4.78, 5) is 23.9. The summed E-state index contributed by atoms with van der Waals surface area (Å²) in [7, 11) is 0. The summed E-state index contributed by atoms with van der Waals surface area (Å²) < 4.78 is 34.7. The molecule has 0 heterocycles. The number of amides is 2. The molecule has 2 aromatic rings. The number of fused-ring (bicyclic) bond motifs is 1. The van der Waals surface area contributed by atoms with Gasteiger partial charge in [0.1, 0.15) is 5.75 Å². The van der Waals surface area contributed by atoms with E-state index < -0.39 is 28.9 Å². The first-order valence-corrected chi connectivity index (χ1v) is 9.63. The van der Waals surface area contributed by atoms with Crippen LogP contribution >= 0.6 is 0 Å². The fourth-order valence-electron chi connectivity index (χ4n) is 3.30. The Morgan fingerprint density at radius 3 is 2.57 bits per heavy atom. The van der Waals surface area contributed by atoms with Gasteiger partial charge >= 0.3 is 0 Å². The fraction of sp³-hybridized carbons (Fsp3) is 0.364. The first-order chi connectivity index (χ1) is 14.1. The van der Waals surface area contributed by atoms with Crippen LogP contribution in [-0.4, -0.2) is 17.0 Å². The highest BCUT2D eigenvalue weighted by Gasteiger charge is 2.29. The lowest BCUT2D eigenvalue weighted by Crippen LogP contribution is -2.32. The molecule has 1 aliphatic carbocycles. The van der Waals surface area contributed by atoms with E-state index >= 15 is 0 Å². The number of nitrogens with one attached hydrogen (secondary N) is 2.